The van der Waals surface area contributed by atoms with Crippen molar-refractivity contribution in [2.75, 3.05) is 16.8 Å². The summed E-state index contributed by atoms with van der Waals surface area (Å²) in [7, 11) is 0. The number of hydrogen-bond donors (Lipinski definition) is 1. The van der Waals surface area contributed by atoms with Gasteiger partial charge in [0.2, 0.25) is 5.91 Å². The standard InChI is InChI=1S/C15H14Br2N2O2/c1-9(20)19-5-4-10-6-11(2-3-14(10)19)18-8-12-7-13(16)15(17)21-12/h2-3,6-7,18H,4-5,8H2,1H3. The van der Waals surface area contributed by atoms with Crippen molar-refractivity contribution in [1.29, 1.82) is 0 Å². The summed E-state index contributed by atoms with van der Waals surface area (Å²) in [4.78, 5) is 13.3. The molecule has 0 radical (unpaired) electrons. The maximum atomic E-state index is 11.5. The lowest BCUT2D eigenvalue weighted by Gasteiger charge is -2.15. The fourth-order valence-electron chi connectivity index (χ4n) is 2.51. The quantitative estimate of drug-likeness (QED) is 0.814. The number of fused-ring (bicyclic) bond motifs is 1. The molecule has 0 aliphatic carbocycles. The second-order valence-electron chi connectivity index (χ2n) is 4.95. The zero-order valence-electron chi connectivity index (χ0n) is 11.5. The third-order valence-corrected chi connectivity index (χ3v) is 5.23. The summed E-state index contributed by atoms with van der Waals surface area (Å²) in [6.45, 7) is 2.99. The molecule has 0 saturated heterocycles. The Morgan fingerprint density at radius 3 is 2.86 bits per heavy atom. The van der Waals surface area contributed by atoms with Crippen molar-refractivity contribution < 1.29 is 9.21 Å². The average Bonchev–Trinajstić information content (AvgIpc) is 3.00. The van der Waals surface area contributed by atoms with E-state index in [9.17, 15) is 4.79 Å². The molecule has 0 bridgehead atoms. The lowest BCUT2D eigenvalue weighted by atomic mass is 10.1. The monoisotopic (exact) mass is 412 g/mol. The summed E-state index contributed by atoms with van der Waals surface area (Å²) in [6, 6.07) is 8.03. The summed E-state index contributed by atoms with van der Waals surface area (Å²) < 4.78 is 7.14. The molecule has 110 valence electrons. The number of carbonyl (C=O) groups excluding carboxylic acids is 1. The number of carbonyl (C=O) groups is 1. The van der Waals surface area contributed by atoms with Crippen molar-refractivity contribution in [1.82, 2.24) is 0 Å². The molecule has 6 heteroatoms. The number of benzene rings is 1. The van der Waals surface area contributed by atoms with Crippen LogP contribution in [0.3, 0.4) is 0 Å². The second-order valence-corrected chi connectivity index (χ2v) is 6.53. The molecule has 1 aromatic carbocycles. The van der Waals surface area contributed by atoms with Crippen LogP contribution in [-0.2, 0) is 17.8 Å². The Balaban J connectivity index is 1.72. The molecule has 1 amide bonds. The average molecular weight is 414 g/mol. The summed E-state index contributed by atoms with van der Waals surface area (Å²) >= 11 is 6.72. The number of nitrogens with one attached hydrogen (secondary N) is 1. The van der Waals surface area contributed by atoms with Gasteiger partial charge in [0.15, 0.2) is 4.67 Å². The zero-order chi connectivity index (χ0) is 15.0. The van der Waals surface area contributed by atoms with E-state index in [1.54, 1.807) is 6.92 Å². The van der Waals surface area contributed by atoms with Gasteiger partial charge in [-0.1, -0.05) is 0 Å². The molecule has 2 heterocycles. The van der Waals surface area contributed by atoms with E-state index in [-0.39, 0.29) is 5.91 Å². The van der Waals surface area contributed by atoms with Crippen molar-refractivity contribution in [3.05, 3.63) is 44.7 Å². The third kappa shape index (κ3) is 3.01. The molecule has 1 aliphatic rings. The van der Waals surface area contributed by atoms with Gasteiger partial charge in [0, 0.05) is 24.8 Å². The fraction of sp³-hybridized carbons (Fsp3) is 0.267. The van der Waals surface area contributed by atoms with Crippen LogP contribution in [0.1, 0.15) is 18.2 Å². The van der Waals surface area contributed by atoms with Crippen molar-refractivity contribution in [3.63, 3.8) is 0 Å². The van der Waals surface area contributed by atoms with Crippen LogP contribution in [0, 0.1) is 0 Å². The number of rotatable bonds is 3. The number of furan rings is 1. The van der Waals surface area contributed by atoms with Gasteiger partial charge in [-0.15, -0.1) is 0 Å². The lowest BCUT2D eigenvalue weighted by Crippen LogP contribution is -2.25. The van der Waals surface area contributed by atoms with Crippen LogP contribution in [0.2, 0.25) is 0 Å². The van der Waals surface area contributed by atoms with Gasteiger partial charge in [0.1, 0.15) is 5.76 Å². The van der Waals surface area contributed by atoms with E-state index in [0.29, 0.717) is 11.2 Å². The molecule has 0 unspecified atom stereocenters. The van der Waals surface area contributed by atoms with Crippen LogP contribution in [0.25, 0.3) is 0 Å². The highest BCUT2D eigenvalue weighted by molar-refractivity contribution is 9.13. The predicted octanol–water partition coefficient (Wildman–Crippen LogP) is 4.33. The van der Waals surface area contributed by atoms with Crippen molar-refractivity contribution >= 4 is 49.1 Å². The van der Waals surface area contributed by atoms with E-state index in [1.807, 2.05) is 23.1 Å². The first-order chi connectivity index (χ1) is 10.0. The van der Waals surface area contributed by atoms with Gasteiger partial charge in [-0.3, -0.25) is 4.79 Å². The van der Waals surface area contributed by atoms with Gasteiger partial charge >= 0.3 is 0 Å². The molecule has 3 rings (SSSR count). The van der Waals surface area contributed by atoms with Gasteiger partial charge in [-0.05, 0) is 68.1 Å². The first-order valence-electron chi connectivity index (χ1n) is 6.63. The Bertz CT molecular complexity index is 677. The molecule has 4 nitrogen and oxygen atoms in total. The van der Waals surface area contributed by atoms with Crippen LogP contribution in [0.5, 0.6) is 0 Å². The summed E-state index contributed by atoms with van der Waals surface area (Å²) in [5, 5.41) is 3.34. The largest absolute Gasteiger partial charge is 0.451 e. The van der Waals surface area contributed by atoms with Gasteiger partial charge in [-0.2, -0.15) is 0 Å². The van der Waals surface area contributed by atoms with Gasteiger partial charge in [0.25, 0.3) is 0 Å². The Kier molecular flexibility index (Phi) is 4.08. The molecule has 1 N–H and O–H groups in total. The van der Waals surface area contributed by atoms with Gasteiger partial charge < -0.3 is 14.6 Å². The number of hydrogen-bond acceptors (Lipinski definition) is 3. The van der Waals surface area contributed by atoms with Crippen molar-refractivity contribution in [2.45, 2.75) is 19.9 Å². The zero-order valence-corrected chi connectivity index (χ0v) is 14.6. The topological polar surface area (TPSA) is 45.5 Å². The van der Waals surface area contributed by atoms with E-state index in [0.717, 1.165) is 34.6 Å². The Morgan fingerprint density at radius 1 is 1.38 bits per heavy atom. The minimum atomic E-state index is 0.0970. The van der Waals surface area contributed by atoms with Crippen molar-refractivity contribution in [2.24, 2.45) is 0 Å². The Labute approximate surface area is 139 Å². The second kappa shape index (κ2) is 5.85. The normalized spacial score (nSPS) is 13.4. The first-order valence-corrected chi connectivity index (χ1v) is 8.22. The van der Waals surface area contributed by atoms with Crippen LogP contribution in [-0.4, -0.2) is 12.5 Å². The minimum Gasteiger partial charge on any atom is -0.451 e. The maximum absolute atomic E-state index is 11.5. The van der Waals surface area contributed by atoms with Crippen LogP contribution >= 0.6 is 31.9 Å². The number of anilines is 2. The molecule has 1 aromatic heterocycles. The van der Waals surface area contributed by atoms with E-state index in [1.165, 1.54) is 5.56 Å². The highest BCUT2D eigenvalue weighted by Crippen LogP contribution is 2.31. The van der Waals surface area contributed by atoms with Crippen LogP contribution < -0.4 is 10.2 Å². The molecule has 2 aromatic rings. The molecule has 0 saturated carbocycles. The van der Waals surface area contributed by atoms with Gasteiger partial charge in [-0.25, -0.2) is 0 Å². The first kappa shape index (κ1) is 14.7. The summed E-state index contributed by atoms with van der Waals surface area (Å²) in [5.74, 6) is 0.944. The SMILES string of the molecule is CC(=O)N1CCc2cc(NCc3cc(Br)c(Br)o3)ccc21. The molecule has 21 heavy (non-hydrogen) atoms. The Morgan fingerprint density at radius 2 is 2.19 bits per heavy atom. The smallest absolute Gasteiger partial charge is 0.223 e. The van der Waals surface area contributed by atoms with Crippen LogP contribution in [0.4, 0.5) is 11.4 Å². The van der Waals surface area contributed by atoms with E-state index >= 15 is 0 Å². The lowest BCUT2D eigenvalue weighted by molar-refractivity contribution is -0.116. The molecule has 1 aliphatic heterocycles. The predicted molar refractivity (Wildman–Crippen MR) is 89.6 cm³/mol. The molecule has 0 fully saturated rings. The highest BCUT2D eigenvalue weighted by Gasteiger charge is 2.22. The van der Waals surface area contributed by atoms with E-state index in [2.05, 4.69) is 43.2 Å². The number of nitrogens with zero attached hydrogens (tertiary/aromatic N) is 1. The Hall–Kier alpha value is -1.27. The van der Waals surface area contributed by atoms with Crippen LogP contribution in [0.15, 0.2) is 37.8 Å². The summed E-state index contributed by atoms with van der Waals surface area (Å²) in [6.07, 6.45) is 0.905. The molecule has 0 atom stereocenters. The molecular formula is C15H14Br2N2O2. The molecular weight excluding hydrogens is 400 g/mol. The van der Waals surface area contributed by atoms with E-state index < -0.39 is 0 Å². The van der Waals surface area contributed by atoms with Crippen molar-refractivity contribution in [3.8, 4) is 0 Å². The number of halogens is 2. The fourth-order valence-corrected chi connectivity index (χ4v) is 3.17. The van der Waals surface area contributed by atoms with E-state index in [4.69, 9.17) is 4.42 Å². The number of amides is 1. The third-order valence-electron chi connectivity index (χ3n) is 3.52. The minimum absolute atomic E-state index is 0.0970. The van der Waals surface area contributed by atoms with Gasteiger partial charge in [0.05, 0.1) is 11.0 Å². The highest BCUT2D eigenvalue weighted by atomic mass is 79.9. The maximum Gasteiger partial charge on any atom is 0.223 e. The summed E-state index contributed by atoms with van der Waals surface area (Å²) in [5.41, 5.74) is 3.26. The molecule has 0 spiro atoms.